The van der Waals surface area contributed by atoms with Gasteiger partial charge in [0.1, 0.15) is 29.3 Å². The van der Waals surface area contributed by atoms with E-state index in [9.17, 15) is 4.79 Å². The molecule has 1 aromatic carbocycles. The van der Waals surface area contributed by atoms with Crippen molar-refractivity contribution in [3.05, 3.63) is 47.9 Å². The minimum absolute atomic E-state index is 0.00741. The summed E-state index contributed by atoms with van der Waals surface area (Å²) in [5, 5.41) is 5.31. The van der Waals surface area contributed by atoms with E-state index in [1.54, 1.807) is 35.9 Å². The van der Waals surface area contributed by atoms with E-state index in [0.717, 1.165) is 19.6 Å². The number of anilines is 1. The molecule has 0 saturated carbocycles. The van der Waals surface area contributed by atoms with Crippen LogP contribution in [0.1, 0.15) is 23.7 Å². The lowest BCUT2D eigenvalue weighted by molar-refractivity contribution is -0.131. The molecule has 2 saturated heterocycles. The van der Waals surface area contributed by atoms with Gasteiger partial charge in [-0.25, -0.2) is 14.6 Å². The van der Waals surface area contributed by atoms with Gasteiger partial charge in [0.15, 0.2) is 5.65 Å². The molecule has 3 aromatic rings. The number of fused-ring (bicyclic) bond motifs is 1. The van der Waals surface area contributed by atoms with Crippen molar-refractivity contribution in [3.63, 3.8) is 0 Å². The van der Waals surface area contributed by atoms with Gasteiger partial charge in [0, 0.05) is 37.3 Å². The van der Waals surface area contributed by atoms with Crippen LogP contribution in [0, 0.1) is 11.8 Å². The maximum Gasteiger partial charge on any atom is 0.246 e. The van der Waals surface area contributed by atoms with Crippen LogP contribution in [0.3, 0.4) is 0 Å². The van der Waals surface area contributed by atoms with Gasteiger partial charge in [-0.15, -0.1) is 0 Å². The number of carbonyl (C=O) groups is 1. The first-order chi connectivity index (χ1) is 17.1. The van der Waals surface area contributed by atoms with Gasteiger partial charge in [-0.3, -0.25) is 9.69 Å². The fourth-order valence-corrected chi connectivity index (χ4v) is 4.11. The van der Waals surface area contributed by atoms with Crippen LogP contribution in [0.4, 0.5) is 5.82 Å². The van der Waals surface area contributed by atoms with E-state index in [1.807, 2.05) is 18.2 Å². The molecular weight excluding hydrogens is 446 g/mol. The Balaban J connectivity index is 1.36. The number of methoxy groups -OCH3 is 2. The predicted octanol–water partition coefficient (Wildman–Crippen LogP) is 1.47. The minimum Gasteiger partial charge on any atom is -0.497 e. The average Bonchev–Trinajstić information content (AvgIpc) is 3.17. The lowest BCUT2D eigenvalue weighted by Crippen LogP contribution is -2.50. The molecule has 0 unspecified atom stereocenters. The maximum absolute atomic E-state index is 12.5. The second-order valence-corrected chi connectivity index (χ2v) is 8.56. The van der Waals surface area contributed by atoms with E-state index < -0.39 is 0 Å². The summed E-state index contributed by atoms with van der Waals surface area (Å²) in [4.78, 5) is 25.1. The van der Waals surface area contributed by atoms with Crippen LogP contribution in [0.2, 0.25) is 0 Å². The summed E-state index contributed by atoms with van der Waals surface area (Å²) in [7, 11) is 3.18. The number of nitrogens with zero attached hydrogens (tertiary/aromatic N) is 6. The van der Waals surface area contributed by atoms with E-state index in [4.69, 9.17) is 20.3 Å². The summed E-state index contributed by atoms with van der Waals surface area (Å²) in [5.74, 6) is 7.83. The van der Waals surface area contributed by atoms with Crippen LogP contribution in [0.25, 0.3) is 11.0 Å². The molecular formula is C25H27N7O3. The van der Waals surface area contributed by atoms with Crippen molar-refractivity contribution in [3.8, 4) is 23.3 Å². The molecule has 2 aromatic heterocycles. The highest BCUT2D eigenvalue weighted by atomic mass is 16.5. The second kappa shape index (κ2) is 9.64. The van der Waals surface area contributed by atoms with Crippen LogP contribution < -0.4 is 15.2 Å². The predicted molar refractivity (Wildman–Crippen MR) is 131 cm³/mol. The Morgan fingerprint density at radius 1 is 1.14 bits per heavy atom. The third-order valence-corrected chi connectivity index (χ3v) is 6.29. The zero-order chi connectivity index (χ0) is 24.4. The molecule has 4 heterocycles. The van der Waals surface area contributed by atoms with Gasteiger partial charge >= 0.3 is 0 Å². The standard InChI is InChI=1S/C25H27N7O3/c1-34-19-11-17(12-20(13-19)35-2)6-7-21-23-24(26)27-16-28-25(23)32(29-21)18-14-31(15-18)22(33)5-3-8-30-9-4-10-30/h3,5,11-13,16,18H,4,8-10,14-15H2,1-2H3,(H2,26,27,28)/b5-3+. The molecule has 2 aliphatic rings. The number of ether oxygens (including phenoxy) is 2. The number of nitrogen functional groups attached to an aromatic ring is 1. The average molecular weight is 474 g/mol. The first kappa shape index (κ1) is 22.7. The molecule has 0 bridgehead atoms. The largest absolute Gasteiger partial charge is 0.497 e. The van der Waals surface area contributed by atoms with Crippen LogP contribution in [-0.4, -0.2) is 82.4 Å². The van der Waals surface area contributed by atoms with Crippen molar-refractivity contribution < 1.29 is 14.3 Å². The maximum atomic E-state index is 12.5. The monoisotopic (exact) mass is 473 g/mol. The molecule has 0 aliphatic carbocycles. The summed E-state index contributed by atoms with van der Waals surface area (Å²) >= 11 is 0. The zero-order valence-corrected chi connectivity index (χ0v) is 19.8. The van der Waals surface area contributed by atoms with Crippen molar-refractivity contribution in [2.45, 2.75) is 12.5 Å². The molecule has 10 nitrogen and oxygen atoms in total. The van der Waals surface area contributed by atoms with Crippen LogP contribution >= 0.6 is 0 Å². The number of hydrogen-bond donors (Lipinski definition) is 1. The van der Waals surface area contributed by atoms with Gasteiger partial charge in [-0.2, -0.15) is 5.10 Å². The quantitative estimate of drug-likeness (QED) is 0.423. The van der Waals surface area contributed by atoms with E-state index in [0.29, 0.717) is 52.7 Å². The van der Waals surface area contributed by atoms with Gasteiger partial charge < -0.3 is 20.1 Å². The highest BCUT2D eigenvalue weighted by Crippen LogP contribution is 2.28. The number of hydrogen-bond acceptors (Lipinski definition) is 8. The third kappa shape index (κ3) is 4.63. The molecule has 1 amide bonds. The SMILES string of the molecule is COc1cc(C#Cc2nn(C3CN(C(=O)/C=C/CN4CCC4)C3)c3ncnc(N)c23)cc(OC)c1. The summed E-state index contributed by atoms with van der Waals surface area (Å²) in [6.45, 7) is 4.14. The van der Waals surface area contributed by atoms with Crippen LogP contribution in [0.15, 0.2) is 36.7 Å². The zero-order valence-electron chi connectivity index (χ0n) is 19.8. The minimum atomic E-state index is -0.00741. The number of aromatic nitrogens is 4. The first-order valence-electron chi connectivity index (χ1n) is 11.5. The lowest BCUT2D eigenvalue weighted by Gasteiger charge is -2.38. The van der Waals surface area contributed by atoms with Crippen molar-refractivity contribution >= 4 is 22.8 Å². The number of carbonyl (C=O) groups excluding carboxylic acids is 1. The van der Waals surface area contributed by atoms with Crippen molar-refractivity contribution in [2.24, 2.45) is 0 Å². The Labute approximate surface area is 203 Å². The van der Waals surface area contributed by atoms with Crippen LogP contribution in [0.5, 0.6) is 11.5 Å². The number of rotatable bonds is 6. The lowest BCUT2D eigenvalue weighted by atomic mass is 10.1. The molecule has 2 aliphatic heterocycles. The van der Waals surface area contributed by atoms with Gasteiger partial charge in [-0.05, 0) is 37.6 Å². The summed E-state index contributed by atoms with van der Waals surface area (Å²) in [6, 6.07) is 5.41. The highest BCUT2D eigenvalue weighted by Gasteiger charge is 2.33. The Bertz CT molecular complexity index is 1320. The number of nitrogens with two attached hydrogens (primary N) is 1. The molecule has 10 heteroatoms. The topological polar surface area (TPSA) is 112 Å². The Morgan fingerprint density at radius 2 is 1.89 bits per heavy atom. The first-order valence-corrected chi connectivity index (χ1v) is 11.5. The van der Waals surface area contributed by atoms with Gasteiger partial charge in [0.25, 0.3) is 0 Å². The Hall–Kier alpha value is -4.10. The molecule has 0 atom stereocenters. The fraction of sp³-hybridized carbons (Fsp3) is 0.360. The molecule has 2 N–H and O–H groups in total. The molecule has 5 rings (SSSR count). The smallest absolute Gasteiger partial charge is 0.246 e. The number of amides is 1. The molecule has 0 radical (unpaired) electrons. The number of benzene rings is 1. The van der Waals surface area contributed by atoms with E-state index in [2.05, 4.69) is 26.7 Å². The molecule has 0 spiro atoms. The van der Waals surface area contributed by atoms with Gasteiger partial charge in [0.05, 0.1) is 25.6 Å². The Kier molecular flexibility index (Phi) is 6.25. The van der Waals surface area contributed by atoms with E-state index >= 15 is 0 Å². The normalized spacial score (nSPS) is 16.0. The fourth-order valence-electron chi connectivity index (χ4n) is 4.11. The van der Waals surface area contributed by atoms with Crippen molar-refractivity contribution in [1.29, 1.82) is 0 Å². The van der Waals surface area contributed by atoms with Crippen LogP contribution in [-0.2, 0) is 4.79 Å². The third-order valence-electron chi connectivity index (χ3n) is 6.29. The molecule has 35 heavy (non-hydrogen) atoms. The Morgan fingerprint density at radius 3 is 2.54 bits per heavy atom. The highest BCUT2D eigenvalue weighted by molar-refractivity contribution is 5.91. The van der Waals surface area contributed by atoms with E-state index in [-0.39, 0.29) is 11.9 Å². The molecule has 2 fully saturated rings. The molecule has 180 valence electrons. The second-order valence-electron chi connectivity index (χ2n) is 8.56. The number of likely N-dealkylation sites (tertiary alicyclic amines) is 2. The summed E-state index contributed by atoms with van der Waals surface area (Å²) in [5.41, 5.74) is 7.98. The van der Waals surface area contributed by atoms with E-state index in [1.165, 1.54) is 12.7 Å². The summed E-state index contributed by atoms with van der Waals surface area (Å²) in [6.07, 6.45) is 6.25. The summed E-state index contributed by atoms with van der Waals surface area (Å²) < 4.78 is 12.5. The van der Waals surface area contributed by atoms with Gasteiger partial charge in [0.2, 0.25) is 5.91 Å². The van der Waals surface area contributed by atoms with Gasteiger partial charge in [-0.1, -0.05) is 12.0 Å². The van der Waals surface area contributed by atoms with Crippen molar-refractivity contribution in [1.82, 2.24) is 29.5 Å². The van der Waals surface area contributed by atoms with Crippen molar-refractivity contribution in [2.75, 3.05) is 52.7 Å².